The fraction of sp³-hybridized carbons (Fsp3) is 0.333. The standard InChI is InChI=1S/C15H19N3O4S/c1-11-9-13(17-22-11)7-8-16-15(19)12-5-4-6-14(10-12)23(20,21)18(2)3/h4-6,9-10H,7-8H2,1-3H3,(H,16,19). The van der Waals surface area contributed by atoms with E-state index < -0.39 is 10.0 Å². The maximum Gasteiger partial charge on any atom is 0.251 e. The first-order valence-corrected chi connectivity index (χ1v) is 8.47. The van der Waals surface area contributed by atoms with E-state index in [-0.39, 0.29) is 10.8 Å². The number of rotatable bonds is 6. The number of hydrogen-bond donors (Lipinski definition) is 1. The minimum atomic E-state index is -3.56. The lowest BCUT2D eigenvalue weighted by Gasteiger charge is -2.12. The molecule has 1 N–H and O–H groups in total. The summed E-state index contributed by atoms with van der Waals surface area (Å²) in [5.74, 6) is 0.383. The van der Waals surface area contributed by atoms with Crippen molar-refractivity contribution in [2.75, 3.05) is 20.6 Å². The third kappa shape index (κ3) is 4.17. The lowest BCUT2D eigenvalue weighted by Crippen LogP contribution is -2.26. The average Bonchev–Trinajstić information content (AvgIpc) is 2.92. The molecular formula is C15H19N3O4S. The van der Waals surface area contributed by atoms with Gasteiger partial charge in [0.25, 0.3) is 5.91 Å². The molecule has 0 bridgehead atoms. The van der Waals surface area contributed by atoms with Crippen molar-refractivity contribution in [3.8, 4) is 0 Å². The van der Waals surface area contributed by atoms with Crippen molar-refractivity contribution in [3.63, 3.8) is 0 Å². The summed E-state index contributed by atoms with van der Waals surface area (Å²) in [7, 11) is -0.670. The van der Waals surface area contributed by atoms with Gasteiger partial charge in [-0.3, -0.25) is 4.79 Å². The minimum Gasteiger partial charge on any atom is -0.361 e. The van der Waals surface area contributed by atoms with Gasteiger partial charge < -0.3 is 9.84 Å². The minimum absolute atomic E-state index is 0.0854. The summed E-state index contributed by atoms with van der Waals surface area (Å²) >= 11 is 0. The van der Waals surface area contributed by atoms with Crippen LogP contribution in [0.2, 0.25) is 0 Å². The van der Waals surface area contributed by atoms with Gasteiger partial charge in [-0.15, -0.1) is 0 Å². The summed E-state index contributed by atoms with van der Waals surface area (Å²) in [4.78, 5) is 12.2. The molecule has 0 aliphatic rings. The van der Waals surface area contributed by atoms with Crippen LogP contribution in [0.1, 0.15) is 21.8 Å². The fourth-order valence-corrected chi connectivity index (χ4v) is 2.90. The number of sulfonamides is 1. The quantitative estimate of drug-likeness (QED) is 0.855. The Morgan fingerprint density at radius 2 is 2.04 bits per heavy atom. The average molecular weight is 337 g/mol. The highest BCUT2D eigenvalue weighted by Gasteiger charge is 2.18. The molecule has 0 spiro atoms. The van der Waals surface area contributed by atoms with Crippen LogP contribution in [0.5, 0.6) is 0 Å². The van der Waals surface area contributed by atoms with E-state index in [0.717, 1.165) is 10.00 Å². The molecule has 0 fully saturated rings. The zero-order valence-electron chi connectivity index (χ0n) is 13.2. The van der Waals surface area contributed by atoms with Crippen LogP contribution in [0.15, 0.2) is 39.8 Å². The molecule has 1 aromatic carbocycles. The molecule has 2 aromatic rings. The summed E-state index contributed by atoms with van der Waals surface area (Å²) in [6, 6.07) is 7.75. The van der Waals surface area contributed by atoms with Gasteiger partial charge in [0, 0.05) is 38.7 Å². The van der Waals surface area contributed by atoms with E-state index >= 15 is 0 Å². The topological polar surface area (TPSA) is 92.5 Å². The third-order valence-corrected chi connectivity index (χ3v) is 5.03. The van der Waals surface area contributed by atoms with Gasteiger partial charge in [0.15, 0.2) is 0 Å². The van der Waals surface area contributed by atoms with E-state index in [0.29, 0.717) is 24.3 Å². The summed E-state index contributed by atoms with van der Waals surface area (Å²) in [5.41, 5.74) is 1.05. The van der Waals surface area contributed by atoms with Crippen LogP contribution in [0, 0.1) is 6.92 Å². The highest BCUT2D eigenvalue weighted by Crippen LogP contribution is 2.14. The molecule has 23 heavy (non-hydrogen) atoms. The molecule has 0 aliphatic carbocycles. The second-order valence-electron chi connectivity index (χ2n) is 5.25. The van der Waals surface area contributed by atoms with Crippen molar-refractivity contribution in [3.05, 3.63) is 47.3 Å². The SMILES string of the molecule is Cc1cc(CCNC(=O)c2cccc(S(=O)(=O)N(C)C)c2)no1. The number of hydrogen-bond acceptors (Lipinski definition) is 5. The van der Waals surface area contributed by atoms with Gasteiger partial charge >= 0.3 is 0 Å². The Balaban J connectivity index is 2.02. The molecule has 0 saturated heterocycles. The summed E-state index contributed by atoms with van der Waals surface area (Å²) in [5, 5.41) is 6.58. The van der Waals surface area contributed by atoms with Gasteiger partial charge in [0.05, 0.1) is 10.6 Å². The van der Waals surface area contributed by atoms with E-state index in [1.54, 1.807) is 25.1 Å². The van der Waals surface area contributed by atoms with E-state index in [4.69, 9.17) is 4.52 Å². The first-order valence-electron chi connectivity index (χ1n) is 7.03. The van der Waals surface area contributed by atoms with Crippen molar-refractivity contribution in [2.45, 2.75) is 18.2 Å². The number of nitrogens with zero attached hydrogens (tertiary/aromatic N) is 2. The maximum absolute atomic E-state index is 12.1. The van der Waals surface area contributed by atoms with Crippen molar-refractivity contribution in [1.82, 2.24) is 14.8 Å². The molecule has 0 atom stereocenters. The Morgan fingerprint density at radius 1 is 1.30 bits per heavy atom. The lowest BCUT2D eigenvalue weighted by molar-refractivity contribution is 0.0953. The first kappa shape index (κ1) is 17.2. The molecule has 0 aliphatic heterocycles. The molecule has 7 nitrogen and oxygen atoms in total. The fourth-order valence-electron chi connectivity index (χ4n) is 1.95. The number of carbonyl (C=O) groups is 1. The molecule has 1 heterocycles. The van der Waals surface area contributed by atoms with Crippen molar-refractivity contribution < 1.29 is 17.7 Å². The van der Waals surface area contributed by atoms with E-state index in [1.807, 2.05) is 0 Å². The first-order chi connectivity index (χ1) is 10.8. The van der Waals surface area contributed by atoms with Crippen molar-refractivity contribution >= 4 is 15.9 Å². The molecule has 1 aromatic heterocycles. The number of amides is 1. The third-order valence-electron chi connectivity index (χ3n) is 3.22. The Bertz CT molecular complexity index is 797. The Labute approximate surface area is 135 Å². The number of benzene rings is 1. The van der Waals surface area contributed by atoms with E-state index in [2.05, 4.69) is 10.5 Å². The number of nitrogens with one attached hydrogen (secondary N) is 1. The highest BCUT2D eigenvalue weighted by molar-refractivity contribution is 7.89. The summed E-state index contributed by atoms with van der Waals surface area (Å²) < 4.78 is 30.2. The molecule has 8 heteroatoms. The van der Waals surface area contributed by atoms with Crippen LogP contribution in [0.25, 0.3) is 0 Å². The van der Waals surface area contributed by atoms with Crippen molar-refractivity contribution in [1.29, 1.82) is 0 Å². The van der Waals surface area contributed by atoms with Crippen LogP contribution >= 0.6 is 0 Å². The largest absolute Gasteiger partial charge is 0.361 e. The molecule has 124 valence electrons. The lowest BCUT2D eigenvalue weighted by atomic mass is 10.2. The molecule has 1 amide bonds. The normalized spacial score (nSPS) is 11.7. The van der Waals surface area contributed by atoms with Gasteiger partial charge in [-0.25, -0.2) is 12.7 Å². The predicted octanol–water partition coefficient (Wildman–Crippen LogP) is 1.21. The Morgan fingerprint density at radius 3 is 2.65 bits per heavy atom. The monoisotopic (exact) mass is 337 g/mol. The zero-order chi connectivity index (χ0) is 17.0. The van der Waals surface area contributed by atoms with Crippen molar-refractivity contribution in [2.24, 2.45) is 0 Å². The Hall–Kier alpha value is -2.19. The van der Waals surface area contributed by atoms with Crippen LogP contribution in [0.3, 0.4) is 0 Å². The summed E-state index contributed by atoms with van der Waals surface area (Å²) in [6.07, 6.45) is 0.540. The van der Waals surface area contributed by atoms with Crippen LogP contribution in [-0.4, -0.2) is 44.4 Å². The van der Waals surface area contributed by atoms with Gasteiger partial charge in [-0.2, -0.15) is 0 Å². The second kappa shape index (κ2) is 6.93. The summed E-state index contributed by atoms with van der Waals surface area (Å²) in [6.45, 7) is 2.18. The molecule has 2 rings (SSSR count). The Kier molecular flexibility index (Phi) is 5.17. The van der Waals surface area contributed by atoms with Crippen LogP contribution < -0.4 is 5.32 Å². The zero-order valence-corrected chi connectivity index (χ0v) is 14.1. The van der Waals surface area contributed by atoms with Gasteiger partial charge in [-0.1, -0.05) is 11.2 Å². The maximum atomic E-state index is 12.1. The van der Waals surface area contributed by atoms with E-state index in [9.17, 15) is 13.2 Å². The highest BCUT2D eigenvalue weighted by atomic mass is 32.2. The number of carbonyl (C=O) groups excluding carboxylic acids is 1. The number of aryl methyl sites for hydroxylation is 1. The van der Waals surface area contributed by atoms with Gasteiger partial charge in [0.2, 0.25) is 10.0 Å². The molecular weight excluding hydrogens is 318 g/mol. The predicted molar refractivity (Wildman–Crippen MR) is 84.6 cm³/mol. The smallest absolute Gasteiger partial charge is 0.251 e. The van der Waals surface area contributed by atoms with Crippen LogP contribution in [0.4, 0.5) is 0 Å². The second-order valence-corrected chi connectivity index (χ2v) is 7.40. The number of aromatic nitrogens is 1. The molecule has 0 saturated carbocycles. The van der Waals surface area contributed by atoms with E-state index in [1.165, 1.54) is 26.2 Å². The molecule has 0 radical (unpaired) electrons. The van der Waals surface area contributed by atoms with Gasteiger partial charge in [0.1, 0.15) is 5.76 Å². The van der Waals surface area contributed by atoms with Gasteiger partial charge in [-0.05, 0) is 25.1 Å². The van der Waals surface area contributed by atoms with Crippen LogP contribution in [-0.2, 0) is 16.4 Å². The molecule has 0 unspecified atom stereocenters.